The highest BCUT2D eigenvalue weighted by molar-refractivity contribution is 5.75. The summed E-state index contributed by atoms with van der Waals surface area (Å²) in [7, 11) is 0. The lowest BCUT2D eigenvalue weighted by molar-refractivity contribution is 0.139. The maximum atomic E-state index is 12.0. The molecule has 3 rings (SSSR count). The highest BCUT2D eigenvalue weighted by Gasteiger charge is 2.38. The summed E-state index contributed by atoms with van der Waals surface area (Å²) in [6.45, 7) is 0.986. The molecule has 1 N–H and O–H groups in total. The number of carbonyl (C=O) groups excluding carboxylic acids is 1. The molecule has 0 aromatic heterocycles. The lowest BCUT2D eigenvalue weighted by Crippen LogP contribution is -2.47. The zero-order chi connectivity index (χ0) is 10.3. The summed E-state index contributed by atoms with van der Waals surface area (Å²) in [5.41, 5.74) is 0. The van der Waals surface area contributed by atoms with Gasteiger partial charge >= 0.3 is 6.03 Å². The third kappa shape index (κ3) is 1.84. The van der Waals surface area contributed by atoms with Crippen LogP contribution in [0.1, 0.15) is 44.9 Å². The SMILES string of the molecule is O=C(NC1CC1)N1CCCC1C1CCC1. The first-order valence-corrected chi connectivity index (χ1v) is 6.42. The molecule has 0 spiro atoms. The molecular weight excluding hydrogens is 188 g/mol. The zero-order valence-corrected chi connectivity index (χ0v) is 9.24. The molecule has 3 heteroatoms. The second kappa shape index (κ2) is 3.69. The Balaban J connectivity index is 1.59. The summed E-state index contributed by atoms with van der Waals surface area (Å²) in [4.78, 5) is 14.1. The molecule has 3 fully saturated rings. The minimum Gasteiger partial charge on any atom is -0.335 e. The van der Waals surface area contributed by atoms with E-state index in [9.17, 15) is 4.79 Å². The number of likely N-dealkylation sites (tertiary alicyclic amines) is 1. The van der Waals surface area contributed by atoms with Gasteiger partial charge in [0.05, 0.1) is 0 Å². The van der Waals surface area contributed by atoms with Crippen molar-refractivity contribution in [3.63, 3.8) is 0 Å². The topological polar surface area (TPSA) is 32.3 Å². The predicted octanol–water partition coefficient (Wildman–Crippen LogP) is 2.12. The maximum Gasteiger partial charge on any atom is 0.317 e. The van der Waals surface area contributed by atoms with Gasteiger partial charge < -0.3 is 10.2 Å². The van der Waals surface area contributed by atoms with Crippen LogP contribution in [0.3, 0.4) is 0 Å². The van der Waals surface area contributed by atoms with Crippen LogP contribution in [0.5, 0.6) is 0 Å². The molecule has 2 saturated carbocycles. The predicted molar refractivity (Wildman–Crippen MR) is 58.6 cm³/mol. The van der Waals surface area contributed by atoms with E-state index < -0.39 is 0 Å². The second-order valence-corrected chi connectivity index (χ2v) is 5.32. The average Bonchev–Trinajstić information content (AvgIpc) is 2.79. The number of urea groups is 1. The molecule has 0 aromatic rings. The molecule has 1 saturated heterocycles. The lowest BCUT2D eigenvalue weighted by Gasteiger charge is -2.37. The number of carbonyl (C=O) groups is 1. The number of nitrogens with zero attached hydrogens (tertiary/aromatic N) is 1. The molecule has 3 nitrogen and oxygen atoms in total. The van der Waals surface area contributed by atoms with E-state index in [0.717, 1.165) is 12.5 Å². The highest BCUT2D eigenvalue weighted by Crippen LogP contribution is 2.37. The quantitative estimate of drug-likeness (QED) is 0.740. The number of hydrogen-bond donors (Lipinski definition) is 1. The lowest BCUT2D eigenvalue weighted by atomic mass is 9.79. The van der Waals surface area contributed by atoms with Crippen molar-refractivity contribution >= 4 is 6.03 Å². The van der Waals surface area contributed by atoms with E-state index in [1.165, 1.54) is 44.9 Å². The largest absolute Gasteiger partial charge is 0.335 e. The summed E-state index contributed by atoms with van der Waals surface area (Å²) < 4.78 is 0. The smallest absolute Gasteiger partial charge is 0.317 e. The molecule has 2 aliphatic carbocycles. The van der Waals surface area contributed by atoms with Gasteiger partial charge in [-0.05, 0) is 44.4 Å². The zero-order valence-electron chi connectivity index (χ0n) is 9.24. The molecule has 15 heavy (non-hydrogen) atoms. The van der Waals surface area contributed by atoms with Crippen LogP contribution in [0.15, 0.2) is 0 Å². The summed E-state index contributed by atoms with van der Waals surface area (Å²) >= 11 is 0. The molecule has 1 aliphatic heterocycles. The van der Waals surface area contributed by atoms with Crippen LogP contribution in [0.2, 0.25) is 0 Å². The van der Waals surface area contributed by atoms with Crippen molar-refractivity contribution in [2.75, 3.05) is 6.54 Å². The molecule has 1 atom stereocenters. The second-order valence-electron chi connectivity index (χ2n) is 5.32. The molecule has 1 heterocycles. The van der Waals surface area contributed by atoms with Crippen molar-refractivity contribution in [1.82, 2.24) is 10.2 Å². The first-order valence-electron chi connectivity index (χ1n) is 6.42. The third-order valence-corrected chi connectivity index (χ3v) is 4.16. The van der Waals surface area contributed by atoms with Crippen molar-refractivity contribution in [3.05, 3.63) is 0 Å². The van der Waals surface area contributed by atoms with Gasteiger partial charge in [-0.3, -0.25) is 0 Å². The fourth-order valence-corrected chi connectivity index (χ4v) is 2.84. The Morgan fingerprint density at radius 3 is 2.47 bits per heavy atom. The van der Waals surface area contributed by atoms with E-state index >= 15 is 0 Å². The van der Waals surface area contributed by atoms with Crippen LogP contribution in [0, 0.1) is 5.92 Å². The Bertz CT molecular complexity index is 258. The molecule has 2 amide bonds. The minimum atomic E-state index is 0.215. The van der Waals surface area contributed by atoms with E-state index in [2.05, 4.69) is 10.2 Å². The molecule has 84 valence electrons. The maximum absolute atomic E-state index is 12.0. The van der Waals surface area contributed by atoms with E-state index in [1.54, 1.807) is 0 Å². The average molecular weight is 208 g/mol. The van der Waals surface area contributed by atoms with Crippen LogP contribution in [0.25, 0.3) is 0 Å². The van der Waals surface area contributed by atoms with Gasteiger partial charge in [-0.15, -0.1) is 0 Å². The Morgan fingerprint density at radius 2 is 1.87 bits per heavy atom. The molecule has 1 unspecified atom stereocenters. The third-order valence-electron chi connectivity index (χ3n) is 4.16. The van der Waals surface area contributed by atoms with Crippen LogP contribution >= 0.6 is 0 Å². The van der Waals surface area contributed by atoms with Gasteiger partial charge in [-0.2, -0.15) is 0 Å². The van der Waals surface area contributed by atoms with E-state index in [0.29, 0.717) is 12.1 Å². The molecule has 0 radical (unpaired) electrons. The Hall–Kier alpha value is -0.730. The first-order chi connectivity index (χ1) is 7.34. The van der Waals surface area contributed by atoms with Crippen LogP contribution < -0.4 is 5.32 Å². The Labute approximate surface area is 91.2 Å². The van der Waals surface area contributed by atoms with Crippen molar-refractivity contribution in [3.8, 4) is 0 Å². The van der Waals surface area contributed by atoms with E-state index in [-0.39, 0.29) is 6.03 Å². The van der Waals surface area contributed by atoms with Gasteiger partial charge in [0.15, 0.2) is 0 Å². The summed E-state index contributed by atoms with van der Waals surface area (Å²) in [5, 5.41) is 3.12. The van der Waals surface area contributed by atoms with Crippen LogP contribution in [0.4, 0.5) is 4.79 Å². The monoisotopic (exact) mass is 208 g/mol. The fraction of sp³-hybridized carbons (Fsp3) is 0.917. The first kappa shape index (κ1) is 9.49. The summed E-state index contributed by atoms with van der Waals surface area (Å²) in [5.74, 6) is 0.817. The number of rotatable bonds is 2. The Morgan fingerprint density at radius 1 is 1.07 bits per heavy atom. The standard InChI is InChI=1S/C12H20N2O/c15-12(13-10-6-7-10)14-8-2-5-11(14)9-3-1-4-9/h9-11H,1-8H2,(H,13,15). The highest BCUT2D eigenvalue weighted by atomic mass is 16.2. The van der Waals surface area contributed by atoms with Crippen LogP contribution in [-0.4, -0.2) is 29.6 Å². The van der Waals surface area contributed by atoms with Gasteiger partial charge in [0, 0.05) is 18.6 Å². The van der Waals surface area contributed by atoms with Gasteiger partial charge in [0.2, 0.25) is 0 Å². The van der Waals surface area contributed by atoms with Crippen LogP contribution in [-0.2, 0) is 0 Å². The van der Waals surface area contributed by atoms with E-state index in [1.807, 2.05) is 0 Å². The van der Waals surface area contributed by atoms with Crippen molar-refractivity contribution in [2.45, 2.75) is 57.0 Å². The molecule has 3 aliphatic rings. The molecule has 0 aromatic carbocycles. The van der Waals surface area contributed by atoms with Gasteiger partial charge in [0.1, 0.15) is 0 Å². The Kier molecular flexibility index (Phi) is 2.33. The summed E-state index contributed by atoms with van der Waals surface area (Å²) in [6, 6.07) is 1.28. The molecular formula is C12H20N2O. The fourth-order valence-electron chi connectivity index (χ4n) is 2.84. The van der Waals surface area contributed by atoms with Crippen molar-refractivity contribution in [1.29, 1.82) is 0 Å². The van der Waals surface area contributed by atoms with Gasteiger partial charge in [-0.1, -0.05) is 6.42 Å². The van der Waals surface area contributed by atoms with Crippen molar-refractivity contribution in [2.24, 2.45) is 5.92 Å². The number of amides is 2. The minimum absolute atomic E-state index is 0.215. The van der Waals surface area contributed by atoms with Crippen molar-refractivity contribution < 1.29 is 4.79 Å². The van der Waals surface area contributed by atoms with Gasteiger partial charge in [0.25, 0.3) is 0 Å². The molecule has 0 bridgehead atoms. The summed E-state index contributed by atoms with van der Waals surface area (Å²) in [6.07, 6.45) is 8.89. The van der Waals surface area contributed by atoms with Gasteiger partial charge in [-0.25, -0.2) is 4.79 Å². The van der Waals surface area contributed by atoms with E-state index in [4.69, 9.17) is 0 Å². The number of nitrogens with one attached hydrogen (secondary N) is 1. The number of hydrogen-bond acceptors (Lipinski definition) is 1. The normalized spacial score (nSPS) is 31.5.